The Morgan fingerprint density at radius 1 is 0.884 bits per heavy atom. The normalized spacial score (nSPS) is 14.7. The zero-order chi connectivity index (χ0) is 33.3. The molecule has 0 heterocycles. The molecule has 2 rings (SSSR count). The van der Waals surface area contributed by atoms with Gasteiger partial charge in [-0.2, -0.15) is 52.7 Å². The molecule has 2 amide bonds. The van der Waals surface area contributed by atoms with E-state index < -0.39 is 106 Å². The summed E-state index contributed by atoms with van der Waals surface area (Å²) in [5.74, 6) is -10.5. The number of allylic oxidation sites excluding steroid dienone is 1. The maximum atomic E-state index is 14.9. The van der Waals surface area contributed by atoms with Crippen molar-refractivity contribution in [2.45, 2.75) is 43.6 Å². The van der Waals surface area contributed by atoms with Gasteiger partial charge in [0, 0.05) is 5.56 Å². The molecule has 238 valence electrons. The summed E-state index contributed by atoms with van der Waals surface area (Å²) in [5.41, 5.74) is -8.07. The first-order chi connectivity index (χ1) is 19.3. The molecule has 0 aliphatic carbocycles. The Balaban J connectivity index is 2.52. The molecule has 2 unspecified atom stereocenters. The van der Waals surface area contributed by atoms with Gasteiger partial charge in [0.25, 0.3) is 5.91 Å². The minimum Gasteiger partial charge on any atom is -0.345 e. The second-order valence-electron chi connectivity index (χ2n) is 8.68. The van der Waals surface area contributed by atoms with E-state index in [1.807, 2.05) is 0 Å². The van der Waals surface area contributed by atoms with Crippen LogP contribution in [0.1, 0.15) is 45.5 Å². The van der Waals surface area contributed by atoms with Crippen LogP contribution in [0.4, 0.5) is 61.5 Å². The summed E-state index contributed by atoms with van der Waals surface area (Å²) >= 11 is 5.18. The van der Waals surface area contributed by atoms with Crippen LogP contribution in [-0.2, 0) is 17.1 Å². The highest BCUT2D eigenvalue weighted by molar-refractivity contribution is 6.31. The standard InChI is InChI=1S/C24H15ClF14N2O2/c1-9(19(42)40-8-21(28,29)30)41-20(43)12-3-2-10(4-14(12)23(34,35)36)16(26)7-13(22(31,32)33)11-5-15(24(37,38)39)18(25)17(27)6-11/h2-7,9,13H,8H2,1H3,(H,40,42)(H,41,43)/b16-7-. The van der Waals surface area contributed by atoms with E-state index in [9.17, 15) is 71.1 Å². The SMILES string of the molecule is CC(NC(=O)c1ccc(/C(F)=C/C(c2cc(F)c(Cl)c(C(F)(F)F)c2)C(F)(F)F)cc1C(F)(F)F)C(=O)NCC(F)(F)F. The van der Waals surface area contributed by atoms with Crippen LogP contribution >= 0.6 is 11.6 Å². The number of benzene rings is 2. The summed E-state index contributed by atoms with van der Waals surface area (Å²) in [4.78, 5) is 24.1. The molecule has 0 saturated carbocycles. The second-order valence-corrected chi connectivity index (χ2v) is 9.06. The fraction of sp³-hybridized carbons (Fsp3) is 0.333. The number of carbonyl (C=O) groups is 2. The van der Waals surface area contributed by atoms with E-state index in [-0.39, 0.29) is 24.3 Å². The van der Waals surface area contributed by atoms with E-state index >= 15 is 0 Å². The lowest BCUT2D eigenvalue weighted by atomic mass is 9.94. The van der Waals surface area contributed by atoms with Crippen molar-refractivity contribution in [2.75, 3.05) is 6.54 Å². The van der Waals surface area contributed by atoms with Crippen molar-refractivity contribution >= 4 is 29.2 Å². The summed E-state index contributed by atoms with van der Waals surface area (Å²) in [7, 11) is 0. The van der Waals surface area contributed by atoms with E-state index in [2.05, 4.69) is 0 Å². The fourth-order valence-electron chi connectivity index (χ4n) is 3.42. The van der Waals surface area contributed by atoms with Gasteiger partial charge in [-0.05, 0) is 42.8 Å². The first-order valence-corrected chi connectivity index (χ1v) is 11.6. The molecule has 2 aromatic carbocycles. The molecule has 0 spiro atoms. The average molecular weight is 665 g/mol. The lowest BCUT2D eigenvalue weighted by Crippen LogP contribution is -2.47. The number of carbonyl (C=O) groups excluding carboxylic acids is 2. The highest BCUT2D eigenvalue weighted by Crippen LogP contribution is 2.43. The van der Waals surface area contributed by atoms with Crippen molar-refractivity contribution in [1.82, 2.24) is 10.6 Å². The molecule has 0 aliphatic rings. The van der Waals surface area contributed by atoms with Crippen LogP contribution in [-0.4, -0.2) is 36.8 Å². The Bertz CT molecular complexity index is 1390. The van der Waals surface area contributed by atoms with Gasteiger partial charge in [-0.1, -0.05) is 17.7 Å². The van der Waals surface area contributed by atoms with Gasteiger partial charge in [-0.25, -0.2) is 8.78 Å². The van der Waals surface area contributed by atoms with Gasteiger partial charge in [0.1, 0.15) is 30.1 Å². The summed E-state index contributed by atoms with van der Waals surface area (Å²) in [5, 5.41) is 1.46. The number of alkyl halides is 12. The molecule has 19 heteroatoms. The number of hydrogen-bond donors (Lipinski definition) is 2. The molecule has 43 heavy (non-hydrogen) atoms. The smallest absolute Gasteiger partial charge is 0.345 e. The van der Waals surface area contributed by atoms with Crippen molar-refractivity contribution in [1.29, 1.82) is 0 Å². The molecule has 0 radical (unpaired) electrons. The molecule has 4 nitrogen and oxygen atoms in total. The number of amides is 2. The first-order valence-electron chi connectivity index (χ1n) is 11.2. The zero-order valence-corrected chi connectivity index (χ0v) is 21.6. The minimum absolute atomic E-state index is 0.0693. The van der Waals surface area contributed by atoms with Crippen molar-refractivity contribution in [2.24, 2.45) is 0 Å². The quantitative estimate of drug-likeness (QED) is 0.295. The molecule has 2 atom stereocenters. The summed E-state index contributed by atoms with van der Waals surface area (Å²) in [6, 6.07) is -1.59. The molecule has 0 saturated heterocycles. The third kappa shape index (κ3) is 9.46. The van der Waals surface area contributed by atoms with Gasteiger partial charge in [0.2, 0.25) is 5.91 Å². The molecule has 2 aromatic rings. The van der Waals surface area contributed by atoms with Gasteiger partial charge in [-0.15, -0.1) is 0 Å². The van der Waals surface area contributed by atoms with Crippen LogP contribution in [0.5, 0.6) is 0 Å². The third-order valence-corrected chi connectivity index (χ3v) is 5.81. The fourth-order valence-corrected chi connectivity index (χ4v) is 3.64. The van der Waals surface area contributed by atoms with E-state index in [0.717, 1.165) is 6.92 Å². The van der Waals surface area contributed by atoms with Crippen LogP contribution in [0, 0.1) is 5.82 Å². The number of hydrogen-bond acceptors (Lipinski definition) is 2. The molecule has 0 bridgehead atoms. The van der Waals surface area contributed by atoms with E-state index in [0.29, 0.717) is 6.07 Å². The summed E-state index contributed by atoms with van der Waals surface area (Å²) in [6.07, 6.45) is -21.8. The third-order valence-electron chi connectivity index (χ3n) is 5.43. The van der Waals surface area contributed by atoms with Gasteiger partial charge >= 0.3 is 24.7 Å². The van der Waals surface area contributed by atoms with Gasteiger partial charge in [-0.3, -0.25) is 9.59 Å². The summed E-state index contributed by atoms with van der Waals surface area (Å²) in [6.45, 7) is -1.02. The van der Waals surface area contributed by atoms with Crippen LogP contribution < -0.4 is 10.6 Å². The Hall–Kier alpha value is -3.57. The molecular formula is C24H15ClF14N2O2. The van der Waals surface area contributed by atoms with Crippen molar-refractivity contribution in [3.05, 3.63) is 75.1 Å². The molecule has 0 aliphatic heterocycles. The van der Waals surface area contributed by atoms with Gasteiger partial charge in [0.15, 0.2) is 0 Å². The topological polar surface area (TPSA) is 58.2 Å². The van der Waals surface area contributed by atoms with Crippen LogP contribution in [0.15, 0.2) is 36.4 Å². The Morgan fingerprint density at radius 2 is 1.44 bits per heavy atom. The predicted molar refractivity (Wildman–Crippen MR) is 122 cm³/mol. The monoisotopic (exact) mass is 664 g/mol. The maximum absolute atomic E-state index is 14.9. The van der Waals surface area contributed by atoms with Crippen molar-refractivity contribution in [3.63, 3.8) is 0 Å². The maximum Gasteiger partial charge on any atom is 0.417 e. The highest BCUT2D eigenvalue weighted by Gasteiger charge is 2.43. The number of halogens is 15. The molecular weight excluding hydrogens is 650 g/mol. The second kappa shape index (κ2) is 12.6. The Kier molecular flexibility index (Phi) is 10.4. The van der Waals surface area contributed by atoms with E-state index in [1.165, 1.54) is 5.32 Å². The van der Waals surface area contributed by atoms with Gasteiger partial charge in [0.05, 0.1) is 21.7 Å². The average Bonchev–Trinajstić information content (AvgIpc) is 2.84. The zero-order valence-electron chi connectivity index (χ0n) is 20.8. The molecule has 0 aromatic heterocycles. The van der Waals surface area contributed by atoms with Crippen LogP contribution in [0.3, 0.4) is 0 Å². The van der Waals surface area contributed by atoms with E-state index in [1.54, 1.807) is 5.32 Å². The summed E-state index contributed by atoms with van der Waals surface area (Å²) < 4.78 is 187. The lowest BCUT2D eigenvalue weighted by molar-refractivity contribution is -0.142. The largest absolute Gasteiger partial charge is 0.417 e. The number of rotatable bonds is 7. The van der Waals surface area contributed by atoms with Crippen LogP contribution in [0.2, 0.25) is 5.02 Å². The Labute approximate surface area is 236 Å². The van der Waals surface area contributed by atoms with Crippen molar-refractivity contribution < 1.29 is 71.1 Å². The van der Waals surface area contributed by atoms with Crippen molar-refractivity contribution in [3.8, 4) is 0 Å². The minimum atomic E-state index is -5.60. The highest BCUT2D eigenvalue weighted by atomic mass is 35.5. The van der Waals surface area contributed by atoms with Crippen LogP contribution in [0.25, 0.3) is 5.83 Å². The first kappa shape index (κ1) is 35.6. The van der Waals surface area contributed by atoms with Gasteiger partial charge < -0.3 is 10.6 Å². The Morgan fingerprint density at radius 3 is 1.93 bits per heavy atom. The number of nitrogens with one attached hydrogen (secondary N) is 2. The molecule has 2 N–H and O–H groups in total. The van der Waals surface area contributed by atoms with E-state index in [4.69, 9.17) is 11.6 Å². The molecule has 0 fully saturated rings. The lowest BCUT2D eigenvalue weighted by Gasteiger charge is -2.20. The predicted octanol–water partition coefficient (Wildman–Crippen LogP) is 7.97.